The Bertz CT molecular complexity index is 5100. The van der Waals surface area contributed by atoms with Crippen LogP contribution in [0.15, 0.2) is 200 Å². The molecule has 13 rings (SSSR count). The molecule has 0 aliphatic carbocycles. The second-order valence-electron chi connectivity index (χ2n) is 26.1. The fourth-order valence-electron chi connectivity index (χ4n) is 10.5. The van der Waals surface area contributed by atoms with Crippen molar-refractivity contribution in [3.8, 4) is 69.0 Å². The van der Waals surface area contributed by atoms with E-state index in [1.165, 1.54) is 56.2 Å². The van der Waals surface area contributed by atoms with Gasteiger partial charge in [-0.2, -0.15) is 0 Å². The summed E-state index contributed by atoms with van der Waals surface area (Å²) in [6, 6.07) is 44.6. The summed E-state index contributed by atoms with van der Waals surface area (Å²) in [5, 5.41) is 146. The molecule has 4 aliphatic rings. The summed E-state index contributed by atoms with van der Waals surface area (Å²) in [5.74, 6) is -5.38. The molecule has 0 saturated heterocycles. The number of aldehydes is 2. The number of aliphatic carboxylic acids is 6. The van der Waals surface area contributed by atoms with Gasteiger partial charge in [0.15, 0.2) is 87.1 Å². The Morgan fingerprint density at radius 3 is 0.880 bits per heavy atom. The number of nitrogens with two attached hydrogens (primary N) is 3. The van der Waals surface area contributed by atoms with Crippen molar-refractivity contribution in [1.29, 1.82) is 0 Å². The van der Waals surface area contributed by atoms with Crippen molar-refractivity contribution in [3.63, 3.8) is 0 Å². The van der Waals surface area contributed by atoms with Crippen LogP contribution in [0.3, 0.4) is 0 Å². The van der Waals surface area contributed by atoms with E-state index in [-0.39, 0.29) is 164 Å². The SMILES string of the molecule is CC=O.C[B]F.I.NC(C(=O)O)C(O)c1ccc2c(c1)OCO2.NCC(=O)O.N[C@H](C(=O)O)[C@H](O)c1ccc(O)c(O)c1.O=C(NC(C(=O)O)C(O)c1ccc2c(c1)OCO2)OCc1ccccc1.O=C(N[C@H](C(=O)O)[C@H](O)c1ccc(O)c(O)c1)OCc1ccccc1.O=C(N[C@H](C(=O)O)[C@H](O)c1ccc2c(c1)OCO2)OCc1ccccc1.O=Cc1ccc2c(c1)OCO2.[HH].[K+].[OH-]. The number of hydrogen-bond acceptors (Lipinski definition) is 35. The first kappa shape index (κ1) is 116. The van der Waals surface area contributed by atoms with Crippen LogP contribution < -0.4 is 122 Å². The predicted molar refractivity (Wildman–Crippen MR) is 465 cm³/mol. The van der Waals surface area contributed by atoms with Gasteiger partial charge in [0.2, 0.25) is 27.2 Å². The maximum absolute atomic E-state index is 11.9. The third-order valence-electron chi connectivity index (χ3n) is 17.1. The molecule has 133 heavy (non-hydrogen) atoms. The molecule has 9 aromatic rings. The first-order valence-electron chi connectivity index (χ1n) is 37.7. The summed E-state index contributed by atoms with van der Waals surface area (Å²) >= 11 is 0. The van der Waals surface area contributed by atoms with Crippen molar-refractivity contribution >= 4 is 98.2 Å². The number of phenols is 4. The fourth-order valence-corrected chi connectivity index (χ4v) is 10.5. The van der Waals surface area contributed by atoms with Gasteiger partial charge < -0.3 is 176 Å². The van der Waals surface area contributed by atoms with Crippen LogP contribution in [0, 0.1) is 0 Å². The Morgan fingerprint density at radius 2 is 0.632 bits per heavy atom. The molecule has 0 fully saturated rings. The van der Waals surface area contributed by atoms with E-state index >= 15 is 0 Å². The molecule has 25 N–H and O–H groups in total. The Kier molecular flexibility index (Phi) is 52.6. The first-order valence-corrected chi connectivity index (χ1v) is 37.7. The van der Waals surface area contributed by atoms with Crippen molar-refractivity contribution in [2.24, 2.45) is 17.2 Å². The smallest absolute Gasteiger partial charge is 0.870 e. The van der Waals surface area contributed by atoms with Crippen LogP contribution in [0.4, 0.5) is 18.7 Å². The number of fused-ring (bicyclic) bond motifs is 4. The number of aromatic hydroxyl groups is 4. The summed E-state index contributed by atoms with van der Waals surface area (Å²) in [5.41, 5.74) is 19.0. The van der Waals surface area contributed by atoms with E-state index in [1.807, 2.05) is 12.1 Å². The number of rotatable bonds is 26. The topological polar surface area (TPSA) is 737 Å². The summed E-state index contributed by atoms with van der Waals surface area (Å²) in [4.78, 5) is 119. The second kappa shape index (κ2) is 60.5. The third kappa shape index (κ3) is 38.9. The minimum absolute atomic E-state index is 0. The van der Waals surface area contributed by atoms with Gasteiger partial charge in [-0.3, -0.25) is 19.2 Å². The van der Waals surface area contributed by atoms with Gasteiger partial charge in [0.25, 0.3) is 0 Å². The maximum Gasteiger partial charge on any atom is 1.00 e. The Morgan fingerprint density at radius 1 is 0.398 bits per heavy atom. The molecule has 4 unspecified atom stereocenters. The van der Waals surface area contributed by atoms with Crippen LogP contribution in [-0.2, 0) is 67.6 Å². The largest absolute Gasteiger partial charge is 1.00 e. The molecule has 10 atom stereocenters. The fraction of sp³-hybridized carbons (Fsp3) is 0.235. The second-order valence-corrected chi connectivity index (χ2v) is 26.1. The molecule has 4 aliphatic heterocycles. The zero-order valence-corrected chi connectivity index (χ0v) is 75.8. The number of amides is 3. The van der Waals surface area contributed by atoms with Crippen LogP contribution in [-0.4, -0.2) is 220 Å². The number of alkyl carbamates (subject to hydrolysis) is 3. The van der Waals surface area contributed by atoms with Crippen molar-refractivity contribution in [2.45, 2.75) is 94.3 Å². The van der Waals surface area contributed by atoms with Gasteiger partial charge in [0, 0.05) is 6.99 Å². The first-order chi connectivity index (χ1) is 62.0. The van der Waals surface area contributed by atoms with Crippen molar-refractivity contribution in [1.82, 2.24) is 16.0 Å². The average Bonchev–Trinajstić information content (AvgIpc) is 1.65. The van der Waals surface area contributed by atoms with E-state index < -0.39 is 132 Å². The number of benzene rings is 9. The number of carbonyl (C=O) groups excluding carboxylic acids is 5. The van der Waals surface area contributed by atoms with Crippen LogP contribution >= 0.6 is 24.0 Å². The van der Waals surface area contributed by atoms with E-state index in [1.54, 1.807) is 121 Å². The number of ether oxygens (including phenoxy) is 11. The normalized spacial score (nSPS) is 13.3. The molecule has 3 amide bonds. The van der Waals surface area contributed by atoms with E-state index in [0.717, 1.165) is 48.0 Å². The number of carboxylic acid groups (broad SMARTS) is 6. The van der Waals surface area contributed by atoms with Crippen LogP contribution in [0.5, 0.6) is 69.0 Å². The van der Waals surface area contributed by atoms with Gasteiger partial charge in [-0.15, -0.1) is 24.0 Å². The van der Waals surface area contributed by atoms with Gasteiger partial charge in [-0.25, -0.2) is 28.8 Å². The molecule has 48 heteroatoms. The number of phenolic OH excluding ortho intramolecular Hbond substituents is 4. The van der Waals surface area contributed by atoms with Crippen LogP contribution in [0.25, 0.3) is 0 Å². The summed E-state index contributed by atoms with van der Waals surface area (Å²) in [7, 11) is 0.500. The third-order valence-corrected chi connectivity index (χ3v) is 17.1. The number of aliphatic hydroxyl groups excluding tert-OH is 5. The van der Waals surface area contributed by atoms with Gasteiger partial charge in [-0.1, -0.05) is 128 Å². The number of hydrogen-bond donors (Lipinski definition) is 21. The molecular weight excluding hydrogens is 1910 g/mol. The molecule has 0 bridgehead atoms. The van der Waals surface area contributed by atoms with E-state index in [9.17, 15) is 103 Å². The van der Waals surface area contributed by atoms with Crippen LogP contribution in [0.1, 0.15) is 93.7 Å². The number of aliphatic hydroxyl groups is 5. The standard InChI is InChI=1S/2C18H17NO7.C17H17NO7.C10H11NO5.C9H11NO5.C8H6O3.C2H5NO2.C2H4O.CH3BF.HI.K.H2O.H2/c2*20-16(12-6-7-13-14(8-12)26-10-25-13)15(17(21)22)19-18(23)24-9-11-4-2-1-3-5-11;19-12-7-6-11(8-13(12)20)15(21)14(16(22)23)18-17(24)25-9-10-4-2-1-3-5-10;11-8(10(13)14)9(12)5-1-2-6-7(3-5)16-4-15-6;10-7(9(14)15)8(13)4-1-2-5(11)6(12)3-4;9-4-6-1-2-7-8(3-6)11-5-10-7;3-1-2(4)5;2*1-2-3;;;;/h2*1-8,15-16,20H,9-10H2,(H,19,23)(H,21,22);1-8,14-15,19-21H,9H2,(H,18,24)(H,22,23);1-3,8-9,12H,4,11H2,(H,13,14);1-3,7-8,11-13H,10H2,(H,14,15);1-4H,5H2;1,3H2,(H,4,5);2H,1H3;1H3;1H;;1H2;1H/q;;;;;;;;;;+1;;/p-1/t15-,16+;;14-,15+;;7-,8+;;;;;;;;/m0.0.0......../s1. The molecule has 44 nitrogen and oxygen atoms in total. The van der Waals surface area contributed by atoms with Gasteiger partial charge in [0.1, 0.15) is 75.0 Å². The van der Waals surface area contributed by atoms with Crippen molar-refractivity contribution < 1.29 is 244 Å². The van der Waals surface area contributed by atoms with Crippen LogP contribution in [0.2, 0.25) is 6.82 Å². The van der Waals surface area contributed by atoms with Crippen molar-refractivity contribution in [2.75, 3.05) is 33.7 Å². The number of carbonyl (C=O) groups is 11. The van der Waals surface area contributed by atoms with E-state index in [4.69, 9.17) is 93.9 Å². The van der Waals surface area contributed by atoms with Gasteiger partial charge >= 0.3 is 113 Å². The Hall–Kier alpha value is -13.4. The Labute approximate surface area is 816 Å². The zero-order chi connectivity index (χ0) is 96.1. The minimum atomic E-state index is -1.70. The predicted octanol–water partition coefficient (Wildman–Crippen LogP) is 3.35. The number of nitrogens with one attached hydrogen (secondary N) is 3. The number of halogens is 2. The molecule has 9 aromatic carbocycles. The summed E-state index contributed by atoms with van der Waals surface area (Å²) < 4.78 is 66.2. The summed E-state index contributed by atoms with van der Waals surface area (Å²) in [6.07, 6.45) is -8.73. The molecule has 0 spiro atoms. The zero-order valence-electron chi connectivity index (χ0n) is 70.4. The molecule has 0 saturated carbocycles. The van der Waals surface area contributed by atoms with E-state index in [2.05, 4.69) is 21.7 Å². The maximum atomic E-state index is 11.9. The average molecular weight is 2000 g/mol. The molecule has 4 heterocycles. The summed E-state index contributed by atoms with van der Waals surface area (Å²) in [6.45, 7) is 2.90. The monoisotopic (exact) mass is 2000 g/mol. The molecule has 711 valence electrons. The Balaban J connectivity index is 0.000000795. The van der Waals surface area contributed by atoms with Gasteiger partial charge in [-0.05, 0) is 130 Å². The molecule has 0 aromatic heterocycles. The quantitative estimate of drug-likeness (QED) is 0.0121. The van der Waals surface area contributed by atoms with E-state index in [0.29, 0.717) is 70.2 Å². The van der Waals surface area contributed by atoms with Gasteiger partial charge in [0.05, 0.1) is 6.54 Å². The number of carboxylic acids is 6. The van der Waals surface area contributed by atoms with Crippen molar-refractivity contribution in [3.05, 3.63) is 250 Å². The minimum Gasteiger partial charge on any atom is -0.870 e. The molecule has 1 radical (unpaired) electrons. The molecular formula is C85H95BFIKN6O38.